The number of terminal acetylenes is 1. The van der Waals surface area contributed by atoms with Crippen molar-refractivity contribution >= 4 is 5.91 Å². The summed E-state index contributed by atoms with van der Waals surface area (Å²) in [6, 6.07) is 1.07. The van der Waals surface area contributed by atoms with Gasteiger partial charge >= 0.3 is 0 Å². The van der Waals surface area contributed by atoms with Crippen molar-refractivity contribution < 1.29 is 22.7 Å². The summed E-state index contributed by atoms with van der Waals surface area (Å²) in [6.45, 7) is -0.287. The molecule has 0 heterocycles. The molecule has 0 spiro atoms. The molecule has 0 aliphatic heterocycles. The van der Waals surface area contributed by atoms with Gasteiger partial charge in [-0.1, -0.05) is 18.8 Å². The van der Waals surface area contributed by atoms with Gasteiger partial charge in [0.15, 0.2) is 17.4 Å². The van der Waals surface area contributed by atoms with Crippen LogP contribution < -0.4 is 10.1 Å². The average Bonchev–Trinajstić information content (AvgIpc) is 2.48. The number of amides is 1. The molecule has 0 saturated heterocycles. The summed E-state index contributed by atoms with van der Waals surface area (Å²) < 4.78 is 45.9. The van der Waals surface area contributed by atoms with Gasteiger partial charge in [0.2, 0.25) is 0 Å². The molecule has 0 aromatic heterocycles. The summed E-state index contributed by atoms with van der Waals surface area (Å²) in [5.41, 5.74) is -0.221. The van der Waals surface area contributed by atoms with Crippen molar-refractivity contribution in [1.29, 1.82) is 0 Å². The molecule has 1 amide bonds. The van der Waals surface area contributed by atoms with E-state index in [0.717, 1.165) is 25.0 Å². The third kappa shape index (κ3) is 3.73. The Balaban J connectivity index is 2.11. The smallest absolute Gasteiger partial charge is 0.251 e. The lowest BCUT2D eigenvalue weighted by Gasteiger charge is -2.26. The molecule has 1 aromatic carbocycles. The highest BCUT2D eigenvalue weighted by Gasteiger charge is 2.27. The predicted molar refractivity (Wildman–Crippen MR) is 75.3 cm³/mol. The highest BCUT2D eigenvalue weighted by atomic mass is 19.1. The minimum atomic E-state index is -1.13. The Hall–Kier alpha value is -2.16. The van der Waals surface area contributed by atoms with Crippen LogP contribution in [-0.2, 0) is 0 Å². The summed E-state index contributed by atoms with van der Waals surface area (Å²) in [5.74, 6) is -1.30. The number of alkyl halides is 1. The molecule has 6 heteroatoms. The third-order valence-corrected chi connectivity index (χ3v) is 3.56. The number of ether oxygens (including phenoxy) is 1. The molecule has 1 N–H and O–H groups in total. The molecular weight excluding hydrogens is 295 g/mol. The van der Waals surface area contributed by atoms with Gasteiger partial charge in [0.1, 0.15) is 12.8 Å². The van der Waals surface area contributed by atoms with Crippen molar-refractivity contribution in [2.45, 2.75) is 37.9 Å². The van der Waals surface area contributed by atoms with Crippen molar-refractivity contribution in [3.05, 3.63) is 29.3 Å². The molecular formula is C16H16F3NO2. The monoisotopic (exact) mass is 311 g/mol. The Morgan fingerprint density at radius 1 is 1.32 bits per heavy atom. The number of carbonyl (C=O) groups excluding carboxylic acids is 1. The fourth-order valence-electron chi connectivity index (χ4n) is 2.44. The standard InChI is InChI=1S/C16H16F3NO2/c1-2-7-22-15-12(18)8-10(9-13(15)19)16(21)20-14-6-4-3-5-11(14)17/h1,8-9,11,14H,3-7H2,(H,20,21). The number of carbonyl (C=O) groups is 1. The lowest BCUT2D eigenvalue weighted by atomic mass is 9.93. The third-order valence-electron chi connectivity index (χ3n) is 3.56. The maximum absolute atomic E-state index is 13.8. The molecule has 1 aliphatic rings. The van der Waals surface area contributed by atoms with Crippen LogP contribution in [-0.4, -0.2) is 24.7 Å². The first-order valence-electron chi connectivity index (χ1n) is 7.03. The topological polar surface area (TPSA) is 38.3 Å². The summed E-state index contributed by atoms with van der Waals surface area (Å²) in [6.07, 6.45) is 6.30. The summed E-state index contributed by atoms with van der Waals surface area (Å²) in [5, 5.41) is 2.48. The molecule has 0 radical (unpaired) electrons. The van der Waals surface area contributed by atoms with E-state index in [1.165, 1.54) is 0 Å². The number of rotatable bonds is 4. The lowest BCUT2D eigenvalue weighted by molar-refractivity contribution is 0.0883. The maximum atomic E-state index is 13.8. The highest BCUT2D eigenvalue weighted by Crippen LogP contribution is 2.25. The summed E-state index contributed by atoms with van der Waals surface area (Å²) >= 11 is 0. The summed E-state index contributed by atoms with van der Waals surface area (Å²) in [7, 11) is 0. The van der Waals surface area contributed by atoms with Crippen molar-refractivity contribution in [2.75, 3.05) is 6.61 Å². The second kappa shape index (κ2) is 7.21. The van der Waals surface area contributed by atoms with Gasteiger partial charge in [-0.05, 0) is 25.0 Å². The van der Waals surface area contributed by atoms with Crippen LogP contribution in [0.1, 0.15) is 36.0 Å². The quantitative estimate of drug-likeness (QED) is 0.868. The van der Waals surface area contributed by atoms with Gasteiger partial charge < -0.3 is 10.1 Å². The second-order valence-corrected chi connectivity index (χ2v) is 5.14. The predicted octanol–water partition coefficient (Wildman–Crippen LogP) is 2.99. The minimum absolute atomic E-state index is 0.221. The van der Waals surface area contributed by atoms with Crippen LogP contribution in [0.5, 0.6) is 5.75 Å². The molecule has 22 heavy (non-hydrogen) atoms. The van der Waals surface area contributed by atoms with E-state index in [4.69, 9.17) is 11.2 Å². The van der Waals surface area contributed by atoms with Crippen molar-refractivity contribution in [3.8, 4) is 18.1 Å². The van der Waals surface area contributed by atoms with Crippen LogP contribution in [0.15, 0.2) is 12.1 Å². The fraction of sp³-hybridized carbons (Fsp3) is 0.438. The van der Waals surface area contributed by atoms with Crippen LogP contribution in [0.4, 0.5) is 13.2 Å². The average molecular weight is 311 g/mol. The van der Waals surface area contributed by atoms with Gasteiger partial charge in [0.05, 0.1) is 6.04 Å². The van der Waals surface area contributed by atoms with Gasteiger partial charge in [0.25, 0.3) is 5.91 Å². The van der Waals surface area contributed by atoms with E-state index in [1.807, 2.05) is 0 Å². The number of hydrogen-bond acceptors (Lipinski definition) is 2. The van der Waals surface area contributed by atoms with E-state index in [9.17, 15) is 18.0 Å². The highest BCUT2D eigenvalue weighted by molar-refractivity contribution is 5.94. The van der Waals surface area contributed by atoms with Gasteiger partial charge in [-0.15, -0.1) is 6.42 Å². The first-order chi connectivity index (χ1) is 10.5. The second-order valence-electron chi connectivity index (χ2n) is 5.14. The number of nitrogens with one attached hydrogen (secondary N) is 1. The van der Waals surface area contributed by atoms with E-state index in [0.29, 0.717) is 12.8 Å². The maximum Gasteiger partial charge on any atom is 0.251 e. The largest absolute Gasteiger partial charge is 0.475 e. The zero-order valence-corrected chi connectivity index (χ0v) is 11.9. The molecule has 1 fully saturated rings. The Bertz CT molecular complexity index is 575. The number of halogens is 3. The van der Waals surface area contributed by atoms with Gasteiger partial charge in [-0.3, -0.25) is 4.79 Å². The van der Waals surface area contributed by atoms with Gasteiger partial charge in [-0.25, -0.2) is 13.2 Å². The van der Waals surface area contributed by atoms with E-state index < -0.39 is 35.5 Å². The molecule has 0 bridgehead atoms. The molecule has 1 aromatic rings. The zero-order valence-electron chi connectivity index (χ0n) is 11.9. The van der Waals surface area contributed by atoms with E-state index in [1.54, 1.807) is 0 Å². The summed E-state index contributed by atoms with van der Waals surface area (Å²) in [4.78, 5) is 12.0. The van der Waals surface area contributed by atoms with Crippen LogP contribution in [0.25, 0.3) is 0 Å². The van der Waals surface area contributed by atoms with E-state index in [2.05, 4.69) is 11.2 Å². The van der Waals surface area contributed by atoms with Crippen LogP contribution >= 0.6 is 0 Å². The fourth-order valence-corrected chi connectivity index (χ4v) is 2.44. The molecule has 3 nitrogen and oxygen atoms in total. The van der Waals surface area contributed by atoms with Gasteiger partial charge in [-0.2, -0.15) is 0 Å². The minimum Gasteiger partial charge on any atom is -0.475 e. The zero-order chi connectivity index (χ0) is 16.1. The number of hydrogen-bond donors (Lipinski definition) is 1. The van der Waals surface area contributed by atoms with Crippen molar-refractivity contribution in [3.63, 3.8) is 0 Å². The Labute approximate surface area is 126 Å². The molecule has 1 saturated carbocycles. The molecule has 2 unspecified atom stereocenters. The Morgan fingerprint density at radius 3 is 2.55 bits per heavy atom. The van der Waals surface area contributed by atoms with Gasteiger partial charge in [0, 0.05) is 5.56 Å². The van der Waals surface area contributed by atoms with Crippen LogP contribution in [0, 0.1) is 24.0 Å². The SMILES string of the molecule is C#CCOc1c(F)cc(C(=O)NC2CCCCC2F)cc1F. The van der Waals surface area contributed by atoms with Crippen molar-refractivity contribution in [1.82, 2.24) is 5.32 Å². The number of benzene rings is 1. The molecule has 2 rings (SSSR count). The Kier molecular flexibility index (Phi) is 5.31. The molecule has 1 aliphatic carbocycles. The molecule has 118 valence electrons. The van der Waals surface area contributed by atoms with Crippen LogP contribution in [0.3, 0.4) is 0 Å². The normalized spacial score (nSPS) is 21.0. The molecule has 2 atom stereocenters. The van der Waals surface area contributed by atoms with Crippen molar-refractivity contribution in [2.24, 2.45) is 0 Å². The van der Waals surface area contributed by atoms with Crippen LogP contribution in [0.2, 0.25) is 0 Å². The van der Waals surface area contributed by atoms with E-state index in [-0.39, 0.29) is 12.2 Å². The lowest BCUT2D eigenvalue weighted by Crippen LogP contribution is -2.43. The van der Waals surface area contributed by atoms with E-state index >= 15 is 0 Å². The first-order valence-corrected chi connectivity index (χ1v) is 7.03. The Morgan fingerprint density at radius 2 is 1.95 bits per heavy atom. The first kappa shape index (κ1) is 16.2.